The second kappa shape index (κ2) is 13.5. The smallest absolute Gasteiger partial charge is 0.260 e. The van der Waals surface area contributed by atoms with Crippen molar-refractivity contribution in [3.8, 4) is 17.2 Å². The van der Waals surface area contributed by atoms with Crippen molar-refractivity contribution in [3.05, 3.63) is 81.3 Å². The van der Waals surface area contributed by atoms with E-state index in [0.717, 1.165) is 16.1 Å². The van der Waals surface area contributed by atoms with Gasteiger partial charge in [-0.3, -0.25) is 9.10 Å². The van der Waals surface area contributed by atoms with Crippen LogP contribution in [0.15, 0.2) is 70.2 Å². The van der Waals surface area contributed by atoms with E-state index in [1.807, 2.05) is 12.1 Å². The number of methoxy groups -OCH3 is 1. The highest BCUT2D eigenvalue weighted by molar-refractivity contribution is 9.10. The molecule has 0 aromatic heterocycles. The van der Waals surface area contributed by atoms with Crippen LogP contribution in [0.4, 0.5) is 5.69 Å². The van der Waals surface area contributed by atoms with Gasteiger partial charge in [0.05, 0.1) is 36.3 Å². The molecule has 202 valence electrons. The lowest BCUT2D eigenvalue weighted by Crippen LogP contribution is -2.39. The third kappa shape index (κ3) is 8.11. The van der Waals surface area contributed by atoms with Gasteiger partial charge in [0.2, 0.25) is 10.0 Å². The molecular formula is C26H27BrClN3O6S. The number of sulfonamides is 1. The number of hydrazone groups is 1. The van der Waals surface area contributed by atoms with E-state index in [-0.39, 0.29) is 5.69 Å². The fourth-order valence-corrected chi connectivity index (χ4v) is 4.92. The minimum absolute atomic E-state index is 0.263. The molecule has 3 rings (SSSR count). The zero-order valence-electron chi connectivity index (χ0n) is 21.0. The summed E-state index contributed by atoms with van der Waals surface area (Å²) >= 11 is 9.41. The number of rotatable bonds is 12. The molecule has 3 aromatic rings. The molecule has 0 saturated heterocycles. The third-order valence-electron chi connectivity index (χ3n) is 5.07. The first-order valence-electron chi connectivity index (χ1n) is 11.4. The Morgan fingerprint density at radius 1 is 1.11 bits per heavy atom. The number of carbonyl (C=O) groups excluding carboxylic acids is 1. The van der Waals surface area contributed by atoms with Gasteiger partial charge in [0.25, 0.3) is 5.91 Å². The van der Waals surface area contributed by atoms with Crippen LogP contribution in [0.2, 0.25) is 5.02 Å². The summed E-state index contributed by atoms with van der Waals surface area (Å²) in [6.45, 7) is 1.95. The molecule has 9 nitrogen and oxygen atoms in total. The lowest BCUT2D eigenvalue weighted by molar-refractivity contribution is -0.119. The van der Waals surface area contributed by atoms with Gasteiger partial charge in [-0.05, 0) is 70.4 Å². The maximum Gasteiger partial charge on any atom is 0.260 e. The third-order valence-corrected chi connectivity index (χ3v) is 7.04. The van der Waals surface area contributed by atoms with Gasteiger partial charge in [0, 0.05) is 5.02 Å². The number of amides is 1. The van der Waals surface area contributed by atoms with Gasteiger partial charge >= 0.3 is 0 Å². The molecule has 0 bridgehead atoms. The van der Waals surface area contributed by atoms with Crippen LogP contribution in [-0.2, 0) is 21.4 Å². The second-order valence-corrected chi connectivity index (χ2v) is 11.1. The molecule has 0 fully saturated rings. The van der Waals surface area contributed by atoms with E-state index in [9.17, 15) is 13.2 Å². The monoisotopic (exact) mass is 623 g/mol. The lowest BCUT2D eigenvalue weighted by atomic mass is 10.2. The number of nitrogens with zero attached hydrogens (tertiary/aromatic N) is 2. The van der Waals surface area contributed by atoms with Crippen molar-refractivity contribution in [1.29, 1.82) is 0 Å². The van der Waals surface area contributed by atoms with E-state index in [4.69, 9.17) is 25.8 Å². The Morgan fingerprint density at radius 3 is 2.47 bits per heavy atom. The molecule has 0 aliphatic rings. The van der Waals surface area contributed by atoms with Crippen molar-refractivity contribution < 1.29 is 27.4 Å². The normalized spacial score (nSPS) is 11.3. The van der Waals surface area contributed by atoms with E-state index in [1.165, 1.54) is 13.3 Å². The number of benzene rings is 3. The van der Waals surface area contributed by atoms with Crippen LogP contribution in [0.1, 0.15) is 18.1 Å². The van der Waals surface area contributed by atoms with Gasteiger partial charge in [-0.1, -0.05) is 35.9 Å². The summed E-state index contributed by atoms with van der Waals surface area (Å²) in [5.74, 6) is 0.677. The van der Waals surface area contributed by atoms with Crippen LogP contribution >= 0.6 is 27.5 Å². The van der Waals surface area contributed by atoms with Gasteiger partial charge in [-0.15, -0.1) is 0 Å². The molecular weight excluding hydrogens is 598 g/mol. The molecule has 0 unspecified atom stereocenters. The molecule has 0 heterocycles. The summed E-state index contributed by atoms with van der Waals surface area (Å²) in [6.07, 6.45) is 2.43. The van der Waals surface area contributed by atoms with Crippen molar-refractivity contribution in [1.82, 2.24) is 5.43 Å². The zero-order chi connectivity index (χ0) is 27.7. The van der Waals surface area contributed by atoms with E-state index >= 15 is 0 Å². The van der Waals surface area contributed by atoms with Crippen molar-refractivity contribution in [2.75, 3.05) is 30.8 Å². The molecule has 0 spiro atoms. The Balaban J connectivity index is 1.69. The zero-order valence-corrected chi connectivity index (χ0v) is 24.1. The lowest BCUT2D eigenvalue weighted by Gasteiger charge is -2.23. The van der Waals surface area contributed by atoms with Crippen LogP contribution in [-0.4, -0.2) is 47.1 Å². The Morgan fingerprint density at radius 2 is 1.82 bits per heavy atom. The molecule has 1 amide bonds. The van der Waals surface area contributed by atoms with Crippen molar-refractivity contribution >= 4 is 55.4 Å². The number of para-hydroxylation sites is 2. The maximum atomic E-state index is 12.6. The number of ether oxygens (including phenoxy) is 3. The second-order valence-electron chi connectivity index (χ2n) is 7.91. The molecule has 0 radical (unpaired) electrons. The number of hydrogen-bond donors (Lipinski definition) is 1. The van der Waals surface area contributed by atoms with Gasteiger partial charge in [-0.25, -0.2) is 13.8 Å². The topological polar surface area (TPSA) is 107 Å². The fraction of sp³-hybridized carbons (Fsp3) is 0.231. The average molecular weight is 625 g/mol. The van der Waals surface area contributed by atoms with E-state index in [2.05, 4.69) is 26.5 Å². The Kier molecular flexibility index (Phi) is 10.4. The highest BCUT2D eigenvalue weighted by Crippen LogP contribution is 2.37. The van der Waals surface area contributed by atoms with Gasteiger partial charge in [-0.2, -0.15) is 5.10 Å². The standard InChI is InChI=1S/C26H27BrClN3O6S/c1-4-36-23-8-6-5-7-22(23)31(38(3,33)34)16-25(32)30-29-15-19-13-21(27)26(24(14-19)35-2)37-17-18-9-11-20(28)12-10-18/h5-15H,4,16-17H2,1-3H3,(H,30,32)/b29-15-. The largest absolute Gasteiger partial charge is 0.493 e. The molecule has 0 atom stereocenters. The number of anilines is 1. The van der Waals surface area contributed by atoms with Crippen molar-refractivity contribution in [2.24, 2.45) is 5.10 Å². The van der Waals surface area contributed by atoms with E-state index < -0.39 is 22.5 Å². The summed E-state index contributed by atoms with van der Waals surface area (Å²) in [5, 5.41) is 4.61. The molecule has 3 aromatic carbocycles. The predicted octanol–water partition coefficient (Wildman–Crippen LogP) is 5.01. The summed E-state index contributed by atoms with van der Waals surface area (Å²) in [5.41, 5.74) is 4.17. The summed E-state index contributed by atoms with van der Waals surface area (Å²) in [7, 11) is -2.27. The minimum Gasteiger partial charge on any atom is -0.493 e. The first kappa shape index (κ1) is 29.3. The maximum absolute atomic E-state index is 12.6. The average Bonchev–Trinajstić information content (AvgIpc) is 2.87. The molecule has 1 N–H and O–H groups in total. The summed E-state index contributed by atoms with van der Waals surface area (Å²) in [6, 6.07) is 17.3. The number of carbonyl (C=O) groups is 1. The molecule has 38 heavy (non-hydrogen) atoms. The summed E-state index contributed by atoms with van der Waals surface area (Å²) in [4.78, 5) is 12.6. The molecule has 0 saturated carbocycles. The molecule has 0 aliphatic heterocycles. The van der Waals surface area contributed by atoms with Crippen LogP contribution in [0, 0.1) is 0 Å². The first-order chi connectivity index (χ1) is 18.1. The Labute approximate surface area is 235 Å². The minimum atomic E-state index is -3.78. The van der Waals surface area contributed by atoms with Gasteiger partial charge in [0.1, 0.15) is 18.9 Å². The highest BCUT2D eigenvalue weighted by atomic mass is 79.9. The molecule has 12 heteroatoms. The predicted molar refractivity (Wildman–Crippen MR) is 152 cm³/mol. The van der Waals surface area contributed by atoms with Crippen molar-refractivity contribution in [2.45, 2.75) is 13.5 Å². The first-order valence-corrected chi connectivity index (χ1v) is 14.4. The van der Waals surface area contributed by atoms with Crippen LogP contribution in [0.3, 0.4) is 0 Å². The van der Waals surface area contributed by atoms with E-state index in [0.29, 0.717) is 45.5 Å². The summed E-state index contributed by atoms with van der Waals surface area (Å²) < 4.78 is 43.4. The quantitative estimate of drug-likeness (QED) is 0.225. The number of nitrogens with one attached hydrogen (secondary N) is 1. The van der Waals surface area contributed by atoms with Crippen LogP contribution in [0.25, 0.3) is 0 Å². The number of halogens is 2. The molecule has 0 aliphatic carbocycles. The Hall–Kier alpha value is -3.28. The SMILES string of the molecule is CCOc1ccccc1N(CC(=O)N/N=C\c1cc(Br)c(OCc2ccc(Cl)cc2)c(OC)c1)S(C)(=O)=O. The highest BCUT2D eigenvalue weighted by Gasteiger charge is 2.23. The van der Waals surface area contributed by atoms with Crippen LogP contribution < -0.4 is 23.9 Å². The Bertz CT molecular complexity index is 1400. The fourth-order valence-electron chi connectivity index (χ4n) is 3.36. The van der Waals surface area contributed by atoms with E-state index in [1.54, 1.807) is 55.5 Å². The van der Waals surface area contributed by atoms with Gasteiger partial charge in [0.15, 0.2) is 11.5 Å². The van der Waals surface area contributed by atoms with Gasteiger partial charge < -0.3 is 14.2 Å². The van der Waals surface area contributed by atoms with Crippen molar-refractivity contribution in [3.63, 3.8) is 0 Å². The van der Waals surface area contributed by atoms with Crippen LogP contribution in [0.5, 0.6) is 17.2 Å². The number of hydrogen-bond acceptors (Lipinski definition) is 7.